The van der Waals surface area contributed by atoms with Gasteiger partial charge in [0.05, 0.1) is 0 Å². The van der Waals surface area contributed by atoms with Gasteiger partial charge in [-0.2, -0.15) is 0 Å². The largest absolute Gasteiger partial charge is 0.347 e. The maximum Gasteiger partial charge on any atom is 0.251 e. The average Bonchev–Trinajstić information content (AvgIpc) is 2.34. The molecule has 4 aliphatic carbocycles. The van der Waals surface area contributed by atoms with Gasteiger partial charge in [0.2, 0.25) is 0 Å². The molecule has 1 aromatic rings. The molecule has 1 aromatic carbocycles. The predicted octanol–water partition coefficient (Wildman–Crippen LogP) is 4.30. The highest BCUT2D eigenvalue weighted by Crippen LogP contribution is 2.66. The van der Waals surface area contributed by atoms with E-state index in [9.17, 15) is 9.18 Å². The van der Waals surface area contributed by atoms with Gasteiger partial charge in [-0.1, -0.05) is 13.8 Å². The molecule has 4 aliphatic rings. The van der Waals surface area contributed by atoms with Crippen molar-refractivity contribution in [3.8, 4) is 0 Å². The normalized spacial score (nSPS) is 42.4. The first kappa shape index (κ1) is 14.2. The Kier molecular flexibility index (Phi) is 2.80. The van der Waals surface area contributed by atoms with Crippen molar-refractivity contribution in [3.63, 3.8) is 0 Å². The minimum absolute atomic E-state index is 0.0471. The zero-order valence-electron chi connectivity index (χ0n) is 13.4. The van der Waals surface area contributed by atoms with E-state index in [0.717, 1.165) is 25.2 Å². The molecule has 0 spiro atoms. The molecule has 0 radical (unpaired) electrons. The first-order valence-corrected chi connectivity index (χ1v) is 8.37. The number of amides is 1. The molecule has 3 heteroatoms. The van der Waals surface area contributed by atoms with Crippen LogP contribution in [0.5, 0.6) is 0 Å². The Morgan fingerprint density at radius 1 is 1.05 bits per heavy atom. The summed E-state index contributed by atoms with van der Waals surface area (Å²) in [4.78, 5) is 12.6. The molecule has 22 heavy (non-hydrogen) atoms. The van der Waals surface area contributed by atoms with Gasteiger partial charge in [-0.3, -0.25) is 4.79 Å². The Balaban J connectivity index is 1.60. The van der Waals surface area contributed by atoms with E-state index in [0.29, 0.717) is 16.4 Å². The Morgan fingerprint density at radius 3 is 2.18 bits per heavy atom. The summed E-state index contributed by atoms with van der Waals surface area (Å²) in [7, 11) is 0. The van der Waals surface area contributed by atoms with Crippen molar-refractivity contribution in [2.24, 2.45) is 16.7 Å². The molecule has 0 aromatic heterocycles. The molecule has 1 N–H and O–H groups in total. The molecule has 2 atom stereocenters. The maximum atomic E-state index is 13.0. The third kappa shape index (κ3) is 2.26. The van der Waals surface area contributed by atoms with Crippen molar-refractivity contribution < 1.29 is 9.18 Å². The molecule has 1 amide bonds. The number of carbonyl (C=O) groups excluding carboxylic acids is 1. The van der Waals surface area contributed by atoms with Crippen LogP contribution in [0.3, 0.4) is 0 Å². The molecular weight excluding hydrogens is 277 g/mol. The minimum atomic E-state index is -0.300. The summed E-state index contributed by atoms with van der Waals surface area (Å²) in [5.74, 6) is 0.403. The van der Waals surface area contributed by atoms with E-state index in [1.807, 2.05) is 0 Å². The highest BCUT2D eigenvalue weighted by molar-refractivity contribution is 5.94. The first-order chi connectivity index (χ1) is 10.3. The van der Waals surface area contributed by atoms with Crippen molar-refractivity contribution in [1.82, 2.24) is 5.32 Å². The van der Waals surface area contributed by atoms with Gasteiger partial charge >= 0.3 is 0 Å². The van der Waals surface area contributed by atoms with Gasteiger partial charge in [0, 0.05) is 11.1 Å². The molecule has 2 unspecified atom stereocenters. The molecular formula is C19H24FNO. The monoisotopic (exact) mass is 301 g/mol. The summed E-state index contributed by atoms with van der Waals surface area (Å²) in [5.41, 5.74) is 1.27. The number of hydrogen-bond acceptors (Lipinski definition) is 1. The van der Waals surface area contributed by atoms with Crippen LogP contribution in [-0.4, -0.2) is 11.4 Å². The lowest BCUT2D eigenvalue weighted by Gasteiger charge is -2.65. The summed E-state index contributed by atoms with van der Waals surface area (Å²) >= 11 is 0. The summed E-state index contributed by atoms with van der Waals surface area (Å²) in [5, 5.41) is 3.35. The van der Waals surface area contributed by atoms with Gasteiger partial charge in [0.25, 0.3) is 5.91 Å². The number of nitrogens with one attached hydrogen (secondary N) is 1. The van der Waals surface area contributed by atoms with Crippen LogP contribution in [0.15, 0.2) is 24.3 Å². The van der Waals surface area contributed by atoms with Crippen molar-refractivity contribution in [3.05, 3.63) is 35.6 Å². The summed E-state index contributed by atoms with van der Waals surface area (Å²) < 4.78 is 13.0. The topological polar surface area (TPSA) is 29.1 Å². The second-order valence-electron chi connectivity index (χ2n) is 8.87. The Hall–Kier alpha value is -1.38. The zero-order chi connectivity index (χ0) is 15.6. The van der Waals surface area contributed by atoms with E-state index in [1.165, 1.54) is 31.4 Å². The predicted molar refractivity (Wildman–Crippen MR) is 84.0 cm³/mol. The van der Waals surface area contributed by atoms with E-state index < -0.39 is 0 Å². The van der Waals surface area contributed by atoms with Gasteiger partial charge in [0.1, 0.15) is 5.82 Å². The van der Waals surface area contributed by atoms with Crippen LogP contribution in [0, 0.1) is 22.6 Å². The third-order valence-corrected chi connectivity index (χ3v) is 6.11. The average molecular weight is 301 g/mol. The fourth-order valence-corrected chi connectivity index (χ4v) is 6.50. The van der Waals surface area contributed by atoms with E-state index in [1.54, 1.807) is 12.1 Å². The lowest BCUT2D eigenvalue weighted by atomic mass is 9.43. The van der Waals surface area contributed by atoms with Gasteiger partial charge < -0.3 is 5.32 Å². The SMILES string of the molecule is CC12CC3CC(C)(C1)CC(NC(=O)c1ccc(F)cc1)(C3)C2. The Morgan fingerprint density at radius 2 is 1.64 bits per heavy atom. The lowest BCUT2D eigenvalue weighted by molar-refractivity contribution is -0.114. The van der Waals surface area contributed by atoms with Crippen LogP contribution < -0.4 is 5.32 Å². The third-order valence-electron chi connectivity index (χ3n) is 6.11. The molecule has 118 valence electrons. The molecule has 4 bridgehead atoms. The molecule has 4 saturated carbocycles. The van der Waals surface area contributed by atoms with E-state index in [4.69, 9.17) is 0 Å². The number of benzene rings is 1. The van der Waals surface area contributed by atoms with E-state index in [-0.39, 0.29) is 17.3 Å². The van der Waals surface area contributed by atoms with Crippen LogP contribution in [-0.2, 0) is 0 Å². The Labute approximate surface area is 131 Å². The standard InChI is InChI=1S/C19H24FNO/c1-17-7-13-8-18(2,10-17)12-19(9-13,11-17)21-16(22)14-3-5-15(20)6-4-14/h3-6,13H,7-12H2,1-2H3,(H,21,22). The van der Waals surface area contributed by atoms with E-state index >= 15 is 0 Å². The van der Waals surface area contributed by atoms with Gasteiger partial charge in [-0.25, -0.2) is 4.39 Å². The molecule has 0 heterocycles. The summed E-state index contributed by atoms with van der Waals surface area (Å²) in [6.45, 7) is 4.79. The van der Waals surface area contributed by atoms with Crippen LogP contribution >= 0.6 is 0 Å². The molecule has 5 rings (SSSR count). The lowest BCUT2D eigenvalue weighted by Crippen LogP contribution is -2.65. The highest BCUT2D eigenvalue weighted by atomic mass is 19.1. The minimum Gasteiger partial charge on any atom is -0.347 e. The van der Waals surface area contributed by atoms with Gasteiger partial charge in [-0.05, 0) is 79.5 Å². The molecule has 2 nitrogen and oxygen atoms in total. The van der Waals surface area contributed by atoms with Crippen molar-refractivity contribution in [1.29, 1.82) is 0 Å². The zero-order valence-corrected chi connectivity index (χ0v) is 13.4. The fraction of sp³-hybridized carbons (Fsp3) is 0.632. The van der Waals surface area contributed by atoms with Gasteiger partial charge in [-0.15, -0.1) is 0 Å². The second-order valence-corrected chi connectivity index (χ2v) is 8.87. The number of hydrogen-bond donors (Lipinski definition) is 1. The van der Waals surface area contributed by atoms with Gasteiger partial charge in [0.15, 0.2) is 0 Å². The second kappa shape index (κ2) is 4.33. The number of carbonyl (C=O) groups is 1. The highest BCUT2D eigenvalue weighted by Gasteiger charge is 2.60. The van der Waals surface area contributed by atoms with Crippen LogP contribution in [0.1, 0.15) is 62.7 Å². The molecule has 0 saturated heterocycles. The smallest absolute Gasteiger partial charge is 0.251 e. The quantitative estimate of drug-likeness (QED) is 0.866. The number of rotatable bonds is 2. The number of halogens is 1. The molecule has 0 aliphatic heterocycles. The first-order valence-electron chi connectivity index (χ1n) is 8.37. The Bertz CT molecular complexity index is 605. The van der Waals surface area contributed by atoms with Crippen LogP contribution in [0.25, 0.3) is 0 Å². The van der Waals surface area contributed by atoms with Crippen molar-refractivity contribution in [2.75, 3.05) is 0 Å². The summed E-state index contributed by atoms with van der Waals surface area (Å²) in [6, 6.07) is 5.87. The van der Waals surface area contributed by atoms with E-state index in [2.05, 4.69) is 19.2 Å². The molecule has 4 fully saturated rings. The summed E-state index contributed by atoms with van der Waals surface area (Å²) in [6.07, 6.45) is 7.24. The fourth-order valence-electron chi connectivity index (χ4n) is 6.50. The van der Waals surface area contributed by atoms with Crippen LogP contribution in [0.2, 0.25) is 0 Å². The maximum absolute atomic E-state index is 13.0. The van der Waals surface area contributed by atoms with Crippen molar-refractivity contribution >= 4 is 5.91 Å². The van der Waals surface area contributed by atoms with Crippen LogP contribution in [0.4, 0.5) is 4.39 Å². The van der Waals surface area contributed by atoms with Crippen molar-refractivity contribution in [2.45, 2.75) is 57.9 Å².